The van der Waals surface area contributed by atoms with Crippen LogP contribution in [0.1, 0.15) is 24.8 Å². The van der Waals surface area contributed by atoms with Crippen LogP contribution in [0.3, 0.4) is 0 Å². The number of rotatable bonds is 4. The first-order valence-electron chi connectivity index (χ1n) is 8.36. The second-order valence-corrected chi connectivity index (χ2v) is 6.68. The fraction of sp³-hybridized carbons (Fsp3) is 0.611. The van der Waals surface area contributed by atoms with E-state index in [0.717, 1.165) is 25.1 Å². The minimum absolute atomic E-state index is 0.179. The van der Waals surface area contributed by atoms with Gasteiger partial charge in [-0.05, 0) is 42.4 Å². The largest absolute Gasteiger partial charge is 0.493 e. The SMILES string of the molecule is COc1ccc(CC(=O)N2CC3CCCC(N)C3C2)cc1OC. The molecule has 1 aromatic carbocycles. The summed E-state index contributed by atoms with van der Waals surface area (Å²) in [6.45, 7) is 1.68. The molecule has 5 nitrogen and oxygen atoms in total. The number of nitrogens with zero attached hydrogens (tertiary/aromatic N) is 1. The average Bonchev–Trinajstić information content (AvgIpc) is 3.00. The molecule has 0 bridgehead atoms. The van der Waals surface area contributed by atoms with Crippen molar-refractivity contribution in [2.24, 2.45) is 17.6 Å². The molecule has 1 saturated carbocycles. The van der Waals surface area contributed by atoms with E-state index >= 15 is 0 Å². The molecule has 5 heteroatoms. The molecule has 0 aromatic heterocycles. The standard InChI is InChI=1S/C18H26N2O3/c1-22-16-7-6-12(8-17(16)23-2)9-18(21)20-10-13-4-3-5-15(19)14(13)11-20/h6-8,13-15H,3-5,9-11,19H2,1-2H3. The lowest BCUT2D eigenvalue weighted by Gasteiger charge is -2.29. The van der Waals surface area contributed by atoms with Crippen LogP contribution in [-0.4, -0.2) is 44.2 Å². The van der Waals surface area contributed by atoms with Crippen LogP contribution in [0.4, 0.5) is 0 Å². The Morgan fingerprint density at radius 3 is 2.70 bits per heavy atom. The van der Waals surface area contributed by atoms with E-state index < -0.39 is 0 Å². The summed E-state index contributed by atoms with van der Waals surface area (Å²) in [7, 11) is 3.22. The van der Waals surface area contributed by atoms with Gasteiger partial charge >= 0.3 is 0 Å². The molecule has 0 spiro atoms. The van der Waals surface area contributed by atoms with E-state index in [4.69, 9.17) is 15.2 Å². The summed E-state index contributed by atoms with van der Waals surface area (Å²) in [6, 6.07) is 5.91. The van der Waals surface area contributed by atoms with Gasteiger partial charge < -0.3 is 20.1 Å². The predicted molar refractivity (Wildman–Crippen MR) is 88.6 cm³/mol. The van der Waals surface area contributed by atoms with Crippen molar-refractivity contribution >= 4 is 5.91 Å². The maximum absolute atomic E-state index is 12.6. The van der Waals surface area contributed by atoms with Crippen molar-refractivity contribution in [3.05, 3.63) is 23.8 Å². The molecule has 2 aliphatic rings. The summed E-state index contributed by atoms with van der Waals surface area (Å²) in [6.07, 6.45) is 3.90. The van der Waals surface area contributed by atoms with Gasteiger partial charge in [-0.15, -0.1) is 0 Å². The van der Waals surface area contributed by atoms with E-state index in [1.54, 1.807) is 14.2 Å². The minimum Gasteiger partial charge on any atom is -0.493 e. The quantitative estimate of drug-likeness (QED) is 0.920. The fourth-order valence-corrected chi connectivity index (χ4v) is 4.00. The Morgan fingerprint density at radius 1 is 1.22 bits per heavy atom. The third kappa shape index (κ3) is 3.29. The molecule has 0 radical (unpaired) electrons. The second kappa shape index (κ2) is 6.79. The summed E-state index contributed by atoms with van der Waals surface area (Å²) in [4.78, 5) is 14.6. The number of benzene rings is 1. The van der Waals surface area contributed by atoms with Gasteiger partial charge in [0.1, 0.15) is 0 Å². The zero-order valence-electron chi connectivity index (χ0n) is 14.0. The molecule has 1 aromatic rings. The minimum atomic E-state index is 0.179. The summed E-state index contributed by atoms with van der Waals surface area (Å²) in [5, 5.41) is 0. The topological polar surface area (TPSA) is 64.8 Å². The van der Waals surface area contributed by atoms with Crippen LogP contribution in [0.15, 0.2) is 18.2 Å². The van der Waals surface area contributed by atoms with Crippen LogP contribution < -0.4 is 15.2 Å². The third-order valence-corrected chi connectivity index (χ3v) is 5.31. The summed E-state index contributed by atoms with van der Waals surface area (Å²) < 4.78 is 10.5. The van der Waals surface area contributed by atoms with E-state index in [9.17, 15) is 4.79 Å². The van der Waals surface area contributed by atoms with Crippen LogP contribution in [-0.2, 0) is 11.2 Å². The van der Waals surface area contributed by atoms with Gasteiger partial charge in [-0.3, -0.25) is 4.79 Å². The molecule has 1 aliphatic carbocycles. The van der Waals surface area contributed by atoms with Gasteiger partial charge in [0.05, 0.1) is 20.6 Å². The molecule has 1 aliphatic heterocycles. The van der Waals surface area contributed by atoms with Crippen LogP contribution in [0.2, 0.25) is 0 Å². The Balaban J connectivity index is 1.66. The first kappa shape index (κ1) is 16.1. The molecule has 1 heterocycles. The van der Waals surface area contributed by atoms with Gasteiger partial charge in [-0.2, -0.15) is 0 Å². The molecule has 126 valence electrons. The predicted octanol–water partition coefficient (Wildman–Crippen LogP) is 1.83. The Labute approximate surface area is 137 Å². The molecule has 23 heavy (non-hydrogen) atoms. The number of hydrogen-bond acceptors (Lipinski definition) is 4. The lowest BCUT2D eigenvalue weighted by molar-refractivity contribution is -0.129. The molecule has 2 N–H and O–H groups in total. The Morgan fingerprint density at radius 2 is 2.00 bits per heavy atom. The van der Waals surface area contributed by atoms with Crippen molar-refractivity contribution < 1.29 is 14.3 Å². The molecule has 1 amide bonds. The van der Waals surface area contributed by atoms with Crippen molar-refractivity contribution in [3.63, 3.8) is 0 Å². The van der Waals surface area contributed by atoms with Gasteiger partial charge in [0.2, 0.25) is 5.91 Å². The van der Waals surface area contributed by atoms with Crippen molar-refractivity contribution in [3.8, 4) is 11.5 Å². The van der Waals surface area contributed by atoms with Gasteiger partial charge in [0, 0.05) is 19.1 Å². The molecule has 3 rings (SSSR count). The maximum Gasteiger partial charge on any atom is 0.227 e. The summed E-state index contributed by atoms with van der Waals surface area (Å²) >= 11 is 0. The number of hydrogen-bond donors (Lipinski definition) is 1. The summed E-state index contributed by atoms with van der Waals surface area (Å²) in [5.41, 5.74) is 7.19. The number of carbonyl (C=O) groups is 1. The first-order valence-corrected chi connectivity index (χ1v) is 8.36. The maximum atomic E-state index is 12.6. The number of methoxy groups -OCH3 is 2. The van der Waals surface area contributed by atoms with Crippen LogP contribution in [0.5, 0.6) is 11.5 Å². The lowest BCUT2D eigenvalue weighted by Crippen LogP contribution is -2.38. The second-order valence-electron chi connectivity index (χ2n) is 6.68. The van der Waals surface area contributed by atoms with E-state index in [0.29, 0.717) is 29.8 Å². The highest BCUT2D eigenvalue weighted by Crippen LogP contribution is 2.36. The van der Waals surface area contributed by atoms with E-state index in [1.165, 1.54) is 12.8 Å². The van der Waals surface area contributed by atoms with Gasteiger partial charge in [0.25, 0.3) is 0 Å². The smallest absolute Gasteiger partial charge is 0.227 e. The van der Waals surface area contributed by atoms with Crippen molar-refractivity contribution in [1.82, 2.24) is 4.90 Å². The van der Waals surface area contributed by atoms with Gasteiger partial charge in [-0.25, -0.2) is 0 Å². The number of fused-ring (bicyclic) bond motifs is 1. The molecular weight excluding hydrogens is 292 g/mol. The number of amides is 1. The highest BCUT2D eigenvalue weighted by Gasteiger charge is 2.40. The Kier molecular flexibility index (Phi) is 4.76. The number of ether oxygens (including phenoxy) is 2. The normalized spacial score (nSPS) is 26.7. The number of nitrogens with two attached hydrogens (primary N) is 1. The Bertz CT molecular complexity index is 575. The lowest BCUT2D eigenvalue weighted by atomic mass is 9.78. The van der Waals surface area contributed by atoms with Gasteiger partial charge in [-0.1, -0.05) is 12.5 Å². The van der Waals surface area contributed by atoms with E-state index in [2.05, 4.69) is 0 Å². The number of likely N-dealkylation sites (tertiary alicyclic amines) is 1. The summed E-state index contributed by atoms with van der Waals surface area (Å²) in [5.74, 6) is 2.60. The van der Waals surface area contributed by atoms with Crippen molar-refractivity contribution in [1.29, 1.82) is 0 Å². The van der Waals surface area contributed by atoms with E-state index in [1.807, 2.05) is 23.1 Å². The van der Waals surface area contributed by atoms with Crippen molar-refractivity contribution in [2.75, 3.05) is 27.3 Å². The fourth-order valence-electron chi connectivity index (χ4n) is 4.00. The molecule has 2 fully saturated rings. The monoisotopic (exact) mass is 318 g/mol. The highest BCUT2D eigenvalue weighted by atomic mass is 16.5. The number of carbonyl (C=O) groups excluding carboxylic acids is 1. The zero-order valence-corrected chi connectivity index (χ0v) is 14.0. The first-order chi connectivity index (χ1) is 11.1. The van der Waals surface area contributed by atoms with Crippen molar-refractivity contribution in [2.45, 2.75) is 31.7 Å². The molecule has 3 atom stereocenters. The third-order valence-electron chi connectivity index (χ3n) is 5.31. The molecule has 1 saturated heterocycles. The zero-order chi connectivity index (χ0) is 16.4. The highest BCUT2D eigenvalue weighted by molar-refractivity contribution is 5.79. The Hall–Kier alpha value is -1.75. The average molecular weight is 318 g/mol. The molecular formula is C18H26N2O3. The van der Waals surface area contributed by atoms with Crippen LogP contribution >= 0.6 is 0 Å². The van der Waals surface area contributed by atoms with Gasteiger partial charge in [0.15, 0.2) is 11.5 Å². The van der Waals surface area contributed by atoms with Crippen LogP contribution in [0, 0.1) is 11.8 Å². The molecule has 3 unspecified atom stereocenters. The van der Waals surface area contributed by atoms with E-state index in [-0.39, 0.29) is 11.9 Å². The van der Waals surface area contributed by atoms with Crippen LogP contribution in [0.25, 0.3) is 0 Å².